The third-order valence-electron chi connectivity index (χ3n) is 5.37. The Balaban J connectivity index is 2.21. The molecule has 4 rings (SSSR count). The van der Waals surface area contributed by atoms with E-state index in [1.165, 1.54) is 11.1 Å². The Morgan fingerprint density at radius 3 is 1.92 bits per heavy atom. The minimum Gasteiger partial charge on any atom is -0.309 e. The fourth-order valence-electron chi connectivity index (χ4n) is 4.08. The monoisotopic (exact) mass is 346 g/mol. The highest BCUT2D eigenvalue weighted by Gasteiger charge is 2.42. The number of hydrogen-bond donors (Lipinski definition) is 0. The van der Waals surface area contributed by atoms with Crippen LogP contribution < -0.4 is 15.9 Å². The van der Waals surface area contributed by atoms with E-state index < -0.39 is 7.14 Å². The average molecular weight is 346 g/mol. The van der Waals surface area contributed by atoms with Crippen LogP contribution in [0.25, 0.3) is 11.1 Å². The quantitative estimate of drug-likeness (QED) is 0.450. The number of hydrogen-bond acceptors (Lipinski definition) is 1. The minimum atomic E-state index is -2.86. The van der Waals surface area contributed by atoms with Crippen molar-refractivity contribution in [3.63, 3.8) is 0 Å². The SMILES string of the molecule is Cc1ccc(C)c(P2(=O)c3cc(C)ccc3-c3c(C)ccc(C)c32)c1. The molecule has 1 aliphatic rings. The van der Waals surface area contributed by atoms with Crippen LogP contribution in [0.15, 0.2) is 48.5 Å². The Labute approximate surface area is 150 Å². The molecule has 0 aromatic heterocycles. The fraction of sp³-hybridized carbons (Fsp3) is 0.217. The highest BCUT2D eigenvalue weighted by Crippen LogP contribution is 2.54. The molecule has 0 fully saturated rings. The molecule has 0 spiro atoms. The zero-order valence-corrected chi connectivity index (χ0v) is 16.4. The van der Waals surface area contributed by atoms with Crippen LogP contribution in [0.5, 0.6) is 0 Å². The molecule has 0 saturated heterocycles. The Morgan fingerprint density at radius 2 is 1.20 bits per heavy atom. The molecule has 2 heteroatoms. The van der Waals surface area contributed by atoms with Gasteiger partial charge in [-0.1, -0.05) is 47.5 Å². The summed E-state index contributed by atoms with van der Waals surface area (Å²) >= 11 is 0. The summed E-state index contributed by atoms with van der Waals surface area (Å²) in [5.74, 6) is 0. The molecule has 0 saturated carbocycles. The molecule has 0 N–H and O–H groups in total. The van der Waals surface area contributed by atoms with E-state index in [-0.39, 0.29) is 0 Å². The summed E-state index contributed by atoms with van der Waals surface area (Å²) in [6, 6.07) is 17.0. The molecule has 1 unspecified atom stereocenters. The molecule has 1 nitrogen and oxygen atoms in total. The van der Waals surface area contributed by atoms with Gasteiger partial charge >= 0.3 is 0 Å². The summed E-state index contributed by atoms with van der Waals surface area (Å²) in [5.41, 5.74) is 8.07. The van der Waals surface area contributed by atoms with Gasteiger partial charge in [-0.25, -0.2) is 0 Å². The lowest BCUT2D eigenvalue weighted by atomic mass is 9.98. The van der Waals surface area contributed by atoms with Crippen LogP contribution in [0.4, 0.5) is 0 Å². The summed E-state index contributed by atoms with van der Waals surface area (Å²) in [4.78, 5) is 0. The molecule has 1 atom stereocenters. The van der Waals surface area contributed by atoms with Crippen molar-refractivity contribution >= 4 is 23.1 Å². The molecule has 0 radical (unpaired) electrons. The van der Waals surface area contributed by atoms with Crippen molar-refractivity contribution in [3.05, 3.63) is 76.3 Å². The van der Waals surface area contributed by atoms with E-state index in [1.807, 2.05) is 0 Å². The van der Waals surface area contributed by atoms with E-state index in [0.29, 0.717) is 0 Å². The summed E-state index contributed by atoms with van der Waals surface area (Å²) in [5, 5.41) is 3.04. The predicted molar refractivity (Wildman–Crippen MR) is 109 cm³/mol. The molecular weight excluding hydrogens is 323 g/mol. The first-order valence-electron chi connectivity index (χ1n) is 8.74. The van der Waals surface area contributed by atoms with Crippen LogP contribution in [-0.2, 0) is 4.57 Å². The van der Waals surface area contributed by atoms with Crippen molar-refractivity contribution in [1.82, 2.24) is 0 Å². The van der Waals surface area contributed by atoms with Crippen molar-refractivity contribution in [1.29, 1.82) is 0 Å². The van der Waals surface area contributed by atoms with Crippen LogP contribution in [0, 0.1) is 34.6 Å². The summed E-state index contributed by atoms with van der Waals surface area (Å²) in [6.45, 7) is 10.4. The Morgan fingerprint density at radius 1 is 0.640 bits per heavy atom. The first-order valence-corrected chi connectivity index (χ1v) is 10.4. The number of rotatable bonds is 1. The Bertz CT molecular complexity index is 1080. The Hall–Kier alpha value is -2.11. The van der Waals surface area contributed by atoms with Crippen LogP contribution in [0.3, 0.4) is 0 Å². The van der Waals surface area contributed by atoms with Crippen molar-refractivity contribution in [2.45, 2.75) is 34.6 Å². The van der Waals surface area contributed by atoms with Gasteiger partial charge in [0.1, 0.15) is 0 Å². The van der Waals surface area contributed by atoms with Gasteiger partial charge in [0.15, 0.2) is 7.14 Å². The van der Waals surface area contributed by atoms with Crippen molar-refractivity contribution in [2.24, 2.45) is 0 Å². The highest BCUT2D eigenvalue weighted by molar-refractivity contribution is 7.86. The van der Waals surface area contributed by atoms with Gasteiger partial charge in [-0.15, -0.1) is 0 Å². The van der Waals surface area contributed by atoms with E-state index in [0.717, 1.165) is 43.7 Å². The summed E-state index contributed by atoms with van der Waals surface area (Å²) in [7, 11) is -2.86. The van der Waals surface area contributed by atoms with Gasteiger partial charge in [0.05, 0.1) is 0 Å². The Kier molecular flexibility index (Phi) is 3.56. The zero-order valence-electron chi connectivity index (χ0n) is 15.5. The van der Waals surface area contributed by atoms with Crippen molar-refractivity contribution in [2.75, 3.05) is 0 Å². The van der Waals surface area contributed by atoms with E-state index in [9.17, 15) is 4.57 Å². The minimum absolute atomic E-state index is 0.992. The molecule has 0 amide bonds. The second-order valence-electron chi connectivity index (χ2n) is 7.34. The van der Waals surface area contributed by atoms with Crippen molar-refractivity contribution < 1.29 is 4.57 Å². The molecule has 3 aromatic carbocycles. The molecule has 3 aromatic rings. The van der Waals surface area contributed by atoms with Crippen LogP contribution in [0.2, 0.25) is 0 Å². The lowest BCUT2D eigenvalue weighted by Crippen LogP contribution is -2.25. The predicted octanol–water partition coefficient (Wildman–Crippen LogP) is 4.85. The average Bonchev–Trinajstić information content (AvgIpc) is 2.84. The van der Waals surface area contributed by atoms with Gasteiger partial charge in [0.2, 0.25) is 0 Å². The third kappa shape index (κ3) is 2.19. The van der Waals surface area contributed by atoms with Gasteiger partial charge < -0.3 is 4.57 Å². The molecule has 1 heterocycles. The summed E-state index contributed by atoms with van der Waals surface area (Å²) < 4.78 is 14.8. The summed E-state index contributed by atoms with van der Waals surface area (Å²) in [6.07, 6.45) is 0. The van der Waals surface area contributed by atoms with E-state index in [1.54, 1.807) is 0 Å². The number of aryl methyl sites for hydroxylation is 5. The topological polar surface area (TPSA) is 17.1 Å². The highest BCUT2D eigenvalue weighted by atomic mass is 31.2. The van der Waals surface area contributed by atoms with Crippen LogP contribution in [-0.4, -0.2) is 0 Å². The molecule has 1 aliphatic heterocycles. The van der Waals surface area contributed by atoms with Gasteiger partial charge in [0, 0.05) is 15.9 Å². The molecule has 126 valence electrons. The lowest BCUT2D eigenvalue weighted by molar-refractivity contribution is 0.592. The standard InChI is InChI=1S/C23H23OP/c1-14-6-8-16(3)20(12-14)25(24)21-13-15(2)7-11-19(21)22-17(4)9-10-18(5)23(22)25/h6-13H,1-5H3. The molecule has 25 heavy (non-hydrogen) atoms. The van der Waals surface area contributed by atoms with Gasteiger partial charge in [-0.2, -0.15) is 0 Å². The molecule has 0 aliphatic carbocycles. The number of fused-ring (bicyclic) bond motifs is 3. The molecule has 0 bridgehead atoms. The largest absolute Gasteiger partial charge is 0.309 e. The van der Waals surface area contributed by atoms with Gasteiger partial charge in [-0.3, -0.25) is 0 Å². The third-order valence-corrected chi connectivity index (χ3v) is 8.78. The van der Waals surface area contributed by atoms with Gasteiger partial charge in [-0.05, 0) is 74.6 Å². The second-order valence-corrected chi connectivity index (χ2v) is 9.97. The fourth-order valence-corrected chi connectivity index (χ4v) is 7.88. The lowest BCUT2D eigenvalue weighted by Gasteiger charge is -2.20. The van der Waals surface area contributed by atoms with Gasteiger partial charge in [0.25, 0.3) is 0 Å². The number of benzene rings is 3. The van der Waals surface area contributed by atoms with Crippen LogP contribution >= 0.6 is 7.14 Å². The normalized spacial score (nSPS) is 18.1. The van der Waals surface area contributed by atoms with E-state index in [2.05, 4.69) is 83.1 Å². The first kappa shape index (κ1) is 16.4. The van der Waals surface area contributed by atoms with E-state index in [4.69, 9.17) is 0 Å². The van der Waals surface area contributed by atoms with Crippen LogP contribution in [0.1, 0.15) is 27.8 Å². The maximum absolute atomic E-state index is 14.8. The second kappa shape index (κ2) is 5.44. The first-order chi connectivity index (χ1) is 11.8. The van der Waals surface area contributed by atoms with E-state index >= 15 is 0 Å². The molecular formula is C23H23OP. The van der Waals surface area contributed by atoms with Crippen molar-refractivity contribution in [3.8, 4) is 11.1 Å². The maximum Gasteiger partial charge on any atom is 0.172 e. The maximum atomic E-state index is 14.8. The smallest absolute Gasteiger partial charge is 0.172 e. The zero-order chi connectivity index (χ0) is 17.9.